The van der Waals surface area contributed by atoms with Crippen molar-refractivity contribution >= 4 is 16.0 Å². The number of anilines is 1. The van der Waals surface area contributed by atoms with Crippen molar-refractivity contribution in [2.75, 3.05) is 11.0 Å². The number of nitrogens with one attached hydrogen (secondary N) is 1. The van der Waals surface area contributed by atoms with Crippen molar-refractivity contribution in [3.8, 4) is 0 Å². The summed E-state index contributed by atoms with van der Waals surface area (Å²) >= 11 is 0. The molecule has 0 aliphatic heterocycles. The first-order valence-corrected chi connectivity index (χ1v) is 5.13. The minimum absolute atomic E-state index is 0.100. The standard InChI is InChI=1S/C6H9N3O2S/c1-5-3-7-6(8-4-5)9-12(2,10)11/h3-4H,1-2H3,(H,7,8,9). The van der Waals surface area contributed by atoms with Crippen LogP contribution >= 0.6 is 0 Å². The smallest absolute Gasteiger partial charge is 0.236 e. The van der Waals surface area contributed by atoms with Gasteiger partial charge in [0, 0.05) is 12.4 Å². The van der Waals surface area contributed by atoms with Crippen molar-refractivity contribution < 1.29 is 8.42 Å². The second-order valence-corrected chi connectivity index (χ2v) is 4.21. The molecule has 0 bridgehead atoms. The Hall–Kier alpha value is -1.17. The van der Waals surface area contributed by atoms with Gasteiger partial charge in [-0.25, -0.2) is 18.4 Å². The second kappa shape index (κ2) is 3.06. The molecule has 1 rings (SSSR count). The Labute approximate surface area is 70.9 Å². The molecule has 0 aliphatic carbocycles. The molecule has 1 aromatic rings. The van der Waals surface area contributed by atoms with Gasteiger partial charge in [-0.3, -0.25) is 4.72 Å². The van der Waals surface area contributed by atoms with Crippen molar-refractivity contribution in [2.24, 2.45) is 0 Å². The first-order valence-electron chi connectivity index (χ1n) is 3.24. The third kappa shape index (κ3) is 2.83. The average molecular weight is 187 g/mol. The Balaban J connectivity index is 2.85. The number of nitrogens with zero attached hydrogens (tertiary/aromatic N) is 2. The summed E-state index contributed by atoms with van der Waals surface area (Å²) in [7, 11) is -3.27. The summed E-state index contributed by atoms with van der Waals surface area (Å²) in [6, 6.07) is 0. The topological polar surface area (TPSA) is 72.0 Å². The van der Waals surface area contributed by atoms with Crippen LogP contribution in [0.5, 0.6) is 0 Å². The maximum Gasteiger partial charge on any atom is 0.236 e. The van der Waals surface area contributed by atoms with E-state index in [-0.39, 0.29) is 5.95 Å². The predicted octanol–water partition coefficient (Wildman–Crippen LogP) is 0.157. The molecule has 0 spiro atoms. The molecule has 12 heavy (non-hydrogen) atoms. The monoisotopic (exact) mass is 187 g/mol. The van der Waals surface area contributed by atoms with Gasteiger partial charge in [0.2, 0.25) is 16.0 Å². The number of rotatable bonds is 2. The minimum atomic E-state index is -3.27. The number of hydrogen-bond donors (Lipinski definition) is 1. The Morgan fingerprint density at radius 3 is 2.25 bits per heavy atom. The van der Waals surface area contributed by atoms with Crippen LogP contribution in [0.3, 0.4) is 0 Å². The van der Waals surface area contributed by atoms with Crippen LogP contribution in [0.25, 0.3) is 0 Å². The average Bonchev–Trinajstić information content (AvgIpc) is 1.91. The van der Waals surface area contributed by atoms with Crippen molar-refractivity contribution in [1.29, 1.82) is 0 Å². The van der Waals surface area contributed by atoms with E-state index in [0.29, 0.717) is 0 Å². The Kier molecular flexibility index (Phi) is 2.27. The van der Waals surface area contributed by atoms with E-state index < -0.39 is 10.0 Å². The molecular formula is C6H9N3O2S. The molecule has 0 atom stereocenters. The SMILES string of the molecule is Cc1cnc(NS(C)(=O)=O)nc1. The lowest BCUT2D eigenvalue weighted by Crippen LogP contribution is -2.11. The summed E-state index contributed by atoms with van der Waals surface area (Å²) in [5, 5.41) is 0. The maximum atomic E-state index is 10.7. The second-order valence-electron chi connectivity index (χ2n) is 2.46. The molecule has 0 aliphatic rings. The molecule has 1 heterocycles. The molecule has 0 unspecified atom stereocenters. The molecule has 66 valence electrons. The summed E-state index contributed by atoms with van der Waals surface area (Å²) in [5.74, 6) is 0.100. The lowest BCUT2D eigenvalue weighted by molar-refractivity contribution is 0.606. The van der Waals surface area contributed by atoms with Gasteiger partial charge < -0.3 is 0 Å². The van der Waals surface area contributed by atoms with Crippen LogP contribution in [0.15, 0.2) is 12.4 Å². The lowest BCUT2D eigenvalue weighted by Gasteiger charge is -2.00. The number of hydrogen-bond acceptors (Lipinski definition) is 4. The van der Waals surface area contributed by atoms with Crippen molar-refractivity contribution in [3.63, 3.8) is 0 Å². The molecule has 6 heteroatoms. The summed E-state index contributed by atoms with van der Waals surface area (Å²) in [6.07, 6.45) is 4.14. The Morgan fingerprint density at radius 1 is 1.33 bits per heavy atom. The zero-order valence-corrected chi connectivity index (χ0v) is 7.59. The van der Waals surface area contributed by atoms with Crippen LogP contribution in [-0.4, -0.2) is 24.6 Å². The maximum absolute atomic E-state index is 10.7. The Morgan fingerprint density at radius 2 is 1.83 bits per heavy atom. The molecule has 0 fully saturated rings. The van der Waals surface area contributed by atoms with Gasteiger partial charge in [0.05, 0.1) is 6.26 Å². The van der Waals surface area contributed by atoms with Gasteiger partial charge in [-0.05, 0) is 12.5 Å². The summed E-state index contributed by atoms with van der Waals surface area (Å²) < 4.78 is 23.5. The van der Waals surface area contributed by atoms with E-state index in [1.165, 1.54) is 0 Å². The van der Waals surface area contributed by atoms with Crippen LogP contribution in [-0.2, 0) is 10.0 Å². The van der Waals surface area contributed by atoms with Gasteiger partial charge in [0.25, 0.3) is 0 Å². The van der Waals surface area contributed by atoms with Crippen molar-refractivity contribution in [3.05, 3.63) is 18.0 Å². The highest BCUT2D eigenvalue weighted by Gasteiger charge is 2.02. The highest BCUT2D eigenvalue weighted by atomic mass is 32.2. The molecular weight excluding hydrogens is 178 g/mol. The first kappa shape index (κ1) is 8.92. The normalized spacial score (nSPS) is 11.2. The van der Waals surface area contributed by atoms with Crippen LogP contribution in [0, 0.1) is 6.92 Å². The first-order chi connectivity index (χ1) is 5.47. The van der Waals surface area contributed by atoms with Crippen LogP contribution in [0.1, 0.15) is 5.56 Å². The summed E-state index contributed by atoms with van der Waals surface area (Å²) in [4.78, 5) is 7.52. The predicted molar refractivity (Wildman–Crippen MR) is 45.2 cm³/mol. The molecule has 1 N–H and O–H groups in total. The fourth-order valence-corrected chi connectivity index (χ4v) is 1.05. The van der Waals surface area contributed by atoms with Crippen LogP contribution < -0.4 is 4.72 Å². The van der Waals surface area contributed by atoms with E-state index in [0.717, 1.165) is 11.8 Å². The number of aryl methyl sites for hydroxylation is 1. The molecule has 0 amide bonds. The van der Waals surface area contributed by atoms with E-state index in [4.69, 9.17) is 0 Å². The molecule has 0 saturated carbocycles. The summed E-state index contributed by atoms with van der Waals surface area (Å²) in [5.41, 5.74) is 0.883. The van der Waals surface area contributed by atoms with Crippen molar-refractivity contribution in [2.45, 2.75) is 6.92 Å². The third-order valence-corrected chi connectivity index (χ3v) is 1.61. The van der Waals surface area contributed by atoms with Gasteiger partial charge in [0.15, 0.2) is 0 Å². The van der Waals surface area contributed by atoms with E-state index in [2.05, 4.69) is 14.7 Å². The third-order valence-electron chi connectivity index (χ3n) is 1.06. The van der Waals surface area contributed by atoms with Gasteiger partial charge in [-0.1, -0.05) is 0 Å². The Bertz CT molecular complexity index is 357. The molecule has 0 aromatic carbocycles. The summed E-state index contributed by atoms with van der Waals surface area (Å²) in [6.45, 7) is 1.82. The largest absolute Gasteiger partial charge is 0.251 e. The molecule has 0 saturated heterocycles. The molecule has 1 aromatic heterocycles. The van der Waals surface area contributed by atoms with E-state index >= 15 is 0 Å². The lowest BCUT2D eigenvalue weighted by atomic mass is 10.4. The number of sulfonamides is 1. The highest BCUT2D eigenvalue weighted by molar-refractivity contribution is 7.91. The van der Waals surface area contributed by atoms with E-state index in [1.807, 2.05) is 6.92 Å². The minimum Gasteiger partial charge on any atom is -0.251 e. The quantitative estimate of drug-likeness (QED) is 0.715. The fourth-order valence-electron chi connectivity index (χ4n) is 0.611. The molecule has 0 radical (unpaired) electrons. The fraction of sp³-hybridized carbons (Fsp3) is 0.333. The zero-order valence-electron chi connectivity index (χ0n) is 6.77. The van der Waals surface area contributed by atoms with Crippen LogP contribution in [0.2, 0.25) is 0 Å². The van der Waals surface area contributed by atoms with Gasteiger partial charge in [-0.15, -0.1) is 0 Å². The van der Waals surface area contributed by atoms with Gasteiger partial charge in [0.1, 0.15) is 0 Å². The molecule has 5 nitrogen and oxygen atoms in total. The zero-order chi connectivity index (χ0) is 9.19. The van der Waals surface area contributed by atoms with E-state index in [9.17, 15) is 8.42 Å². The van der Waals surface area contributed by atoms with E-state index in [1.54, 1.807) is 12.4 Å². The van der Waals surface area contributed by atoms with Crippen LogP contribution in [0.4, 0.5) is 5.95 Å². The number of aromatic nitrogens is 2. The highest BCUT2D eigenvalue weighted by Crippen LogP contribution is 1.99. The van der Waals surface area contributed by atoms with Gasteiger partial charge >= 0.3 is 0 Å². The van der Waals surface area contributed by atoms with Crippen molar-refractivity contribution in [1.82, 2.24) is 9.97 Å². The van der Waals surface area contributed by atoms with Gasteiger partial charge in [-0.2, -0.15) is 0 Å².